The Hall–Kier alpha value is -3.75. The lowest BCUT2D eigenvalue weighted by Crippen LogP contribution is -2.16. The number of carbonyl (C=O) groups is 1. The molecule has 0 spiro atoms. The molecule has 0 unspecified atom stereocenters. The average Bonchev–Trinajstić information content (AvgIpc) is 2.69. The van der Waals surface area contributed by atoms with E-state index in [4.69, 9.17) is 10.5 Å². The van der Waals surface area contributed by atoms with Crippen molar-refractivity contribution in [3.63, 3.8) is 0 Å². The topological polar surface area (TPSA) is 102 Å². The van der Waals surface area contributed by atoms with Gasteiger partial charge in [0.15, 0.2) is 11.5 Å². The number of anilines is 3. The van der Waals surface area contributed by atoms with E-state index in [0.29, 0.717) is 11.4 Å². The van der Waals surface area contributed by atoms with Gasteiger partial charge in [0.1, 0.15) is 17.4 Å². The molecule has 0 aliphatic carbocycles. The summed E-state index contributed by atoms with van der Waals surface area (Å²) in [4.78, 5) is 20.0. The first kappa shape index (κ1) is 19.0. The summed E-state index contributed by atoms with van der Waals surface area (Å²) in [6.45, 7) is 0.112. The van der Waals surface area contributed by atoms with E-state index in [2.05, 4.69) is 20.6 Å². The Labute approximate surface area is 159 Å². The number of hydrogen-bond donors (Lipinski definition) is 3. The number of halogens is 2. The van der Waals surface area contributed by atoms with Crippen molar-refractivity contribution in [2.75, 3.05) is 23.5 Å². The lowest BCUT2D eigenvalue weighted by Gasteiger charge is -2.11. The largest absolute Gasteiger partial charge is 0.495 e. The Kier molecular flexibility index (Phi) is 5.64. The number of rotatable bonds is 6. The Morgan fingerprint density at radius 1 is 1.18 bits per heavy atom. The minimum absolute atomic E-state index is 0.112. The van der Waals surface area contributed by atoms with Crippen molar-refractivity contribution in [3.05, 3.63) is 71.7 Å². The number of methoxy groups -OCH3 is 1. The maximum atomic E-state index is 14.1. The normalized spacial score (nSPS) is 10.4. The van der Waals surface area contributed by atoms with Crippen LogP contribution in [-0.2, 0) is 6.54 Å². The maximum absolute atomic E-state index is 14.1. The third kappa shape index (κ3) is 4.32. The molecule has 0 saturated carbocycles. The summed E-state index contributed by atoms with van der Waals surface area (Å²) < 4.78 is 32.9. The second-order valence-corrected chi connectivity index (χ2v) is 5.76. The summed E-state index contributed by atoms with van der Waals surface area (Å²) in [7, 11) is 1.36. The molecule has 0 aliphatic rings. The van der Waals surface area contributed by atoms with Gasteiger partial charge in [-0.1, -0.05) is 0 Å². The summed E-state index contributed by atoms with van der Waals surface area (Å²) in [5, 5.41) is 5.48. The number of nitrogen functional groups attached to an aromatic ring is 1. The standard InChI is InChI=1S/C19H17F2N5O2/c1-28-13-8-15(21)17(25-10-13)19(27)26-12-4-5-14(20)11(7-12)9-24-16-3-2-6-23-18(16)22/h2-8,10,24H,9H2,1H3,(H2,22,23)(H,26,27). The number of nitrogens with two attached hydrogens (primary N) is 1. The van der Waals surface area contributed by atoms with E-state index in [1.54, 1.807) is 18.3 Å². The smallest absolute Gasteiger partial charge is 0.277 e. The van der Waals surface area contributed by atoms with Crippen molar-refractivity contribution in [1.82, 2.24) is 9.97 Å². The summed E-state index contributed by atoms with van der Waals surface area (Å²) in [6.07, 6.45) is 2.78. The first-order chi connectivity index (χ1) is 13.5. The van der Waals surface area contributed by atoms with Gasteiger partial charge in [-0.3, -0.25) is 4.79 Å². The van der Waals surface area contributed by atoms with Crippen LogP contribution in [0.15, 0.2) is 48.8 Å². The van der Waals surface area contributed by atoms with Crippen LogP contribution in [0.5, 0.6) is 5.75 Å². The minimum atomic E-state index is -0.826. The summed E-state index contributed by atoms with van der Waals surface area (Å²) in [5.74, 6) is -1.58. The molecule has 3 aromatic rings. The van der Waals surface area contributed by atoms with Gasteiger partial charge in [0.25, 0.3) is 5.91 Å². The molecule has 9 heteroatoms. The van der Waals surface area contributed by atoms with Gasteiger partial charge >= 0.3 is 0 Å². The minimum Gasteiger partial charge on any atom is -0.495 e. The lowest BCUT2D eigenvalue weighted by molar-refractivity contribution is 0.101. The van der Waals surface area contributed by atoms with Crippen molar-refractivity contribution in [1.29, 1.82) is 0 Å². The molecule has 144 valence electrons. The first-order valence-electron chi connectivity index (χ1n) is 8.21. The molecule has 7 nitrogen and oxygen atoms in total. The fraction of sp³-hybridized carbons (Fsp3) is 0.105. The average molecular weight is 385 g/mol. The van der Waals surface area contributed by atoms with Crippen LogP contribution in [0, 0.1) is 11.6 Å². The maximum Gasteiger partial charge on any atom is 0.277 e. The van der Waals surface area contributed by atoms with Crippen molar-refractivity contribution >= 4 is 23.1 Å². The second kappa shape index (κ2) is 8.30. The highest BCUT2D eigenvalue weighted by Crippen LogP contribution is 2.20. The first-order valence-corrected chi connectivity index (χ1v) is 8.21. The number of nitrogens with zero attached hydrogens (tertiary/aromatic N) is 2. The highest BCUT2D eigenvalue weighted by Gasteiger charge is 2.15. The number of nitrogens with one attached hydrogen (secondary N) is 2. The van der Waals surface area contributed by atoms with Gasteiger partial charge < -0.3 is 21.1 Å². The Morgan fingerprint density at radius 3 is 2.71 bits per heavy atom. The predicted octanol–water partition coefficient (Wildman–Crippen LogP) is 3.21. The second-order valence-electron chi connectivity index (χ2n) is 5.76. The quantitative estimate of drug-likeness (QED) is 0.602. The molecule has 0 radical (unpaired) electrons. The van der Waals surface area contributed by atoms with Gasteiger partial charge in [-0.25, -0.2) is 18.7 Å². The molecule has 0 bridgehead atoms. The molecule has 4 N–H and O–H groups in total. The molecule has 0 saturated heterocycles. The van der Waals surface area contributed by atoms with Crippen LogP contribution in [0.4, 0.5) is 26.0 Å². The van der Waals surface area contributed by atoms with Crippen LogP contribution >= 0.6 is 0 Å². The fourth-order valence-corrected chi connectivity index (χ4v) is 2.43. The third-order valence-electron chi connectivity index (χ3n) is 3.88. The molecule has 0 fully saturated rings. The van der Waals surface area contributed by atoms with E-state index >= 15 is 0 Å². The Morgan fingerprint density at radius 2 is 2.00 bits per heavy atom. The lowest BCUT2D eigenvalue weighted by atomic mass is 10.1. The molecule has 1 amide bonds. The zero-order chi connectivity index (χ0) is 20.1. The number of hydrogen-bond acceptors (Lipinski definition) is 6. The van der Waals surface area contributed by atoms with Crippen molar-refractivity contribution in [2.45, 2.75) is 6.54 Å². The van der Waals surface area contributed by atoms with Crippen LogP contribution in [0.1, 0.15) is 16.1 Å². The molecule has 2 aromatic heterocycles. The van der Waals surface area contributed by atoms with E-state index in [-0.39, 0.29) is 23.7 Å². The van der Waals surface area contributed by atoms with E-state index in [0.717, 1.165) is 6.07 Å². The van der Waals surface area contributed by atoms with E-state index in [9.17, 15) is 13.6 Å². The van der Waals surface area contributed by atoms with E-state index < -0.39 is 23.2 Å². The monoisotopic (exact) mass is 385 g/mol. The van der Waals surface area contributed by atoms with Crippen LogP contribution in [0.2, 0.25) is 0 Å². The van der Waals surface area contributed by atoms with E-state index in [1.807, 2.05) is 0 Å². The van der Waals surface area contributed by atoms with Gasteiger partial charge in [0.2, 0.25) is 0 Å². The summed E-state index contributed by atoms with van der Waals surface area (Å²) in [5.41, 5.74) is 6.48. The van der Waals surface area contributed by atoms with Gasteiger partial charge in [0.05, 0.1) is 19.0 Å². The molecule has 0 aliphatic heterocycles. The highest BCUT2D eigenvalue weighted by atomic mass is 19.1. The fourth-order valence-electron chi connectivity index (χ4n) is 2.43. The molecule has 3 rings (SSSR count). The van der Waals surface area contributed by atoms with Crippen molar-refractivity contribution in [3.8, 4) is 5.75 Å². The number of ether oxygens (including phenoxy) is 1. The zero-order valence-electron chi connectivity index (χ0n) is 14.9. The van der Waals surface area contributed by atoms with Gasteiger partial charge in [-0.05, 0) is 30.3 Å². The SMILES string of the molecule is COc1cnc(C(=O)Nc2ccc(F)c(CNc3cccnc3N)c2)c(F)c1. The number of aromatic nitrogens is 2. The van der Waals surface area contributed by atoms with Gasteiger partial charge in [-0.2, -0.15) is 0 Å². The summed E-state index contributed by atoms with van der Waals surface area (Å²) in [6, 6.07) is 8.48. The summed E-state index contributed by atoms with van der Waals surface area (Å²) >= 11 is 0. The van der Waals surface area contributed by atoms with E-state index in [1.165, 1.54) is 31.5 Å². The van der Waals surface area contributed by atoms with Crippen molar-refractivity contribution in [2.24, 2.45) is 0 Å². The molecule has 0 atom stereocenters. The molecular formula is C19H17F2N5O2. The predicted molar refractivity (Wildman–Crippen MR) is 101 cm³/mol. The van der Waals surface area contributed by atoms with Gasteiger partial charge in [0, 0.05) is 30.1 Å². The molecule has 2 heterocycles. The number of pyridine rings is 2. The van der Waals surface area contributed by atoms with Crippen LogP contribution < -0.4 is 21.1 Å². The number of amides is 1. The highest BCUT2D eigenvalue weighted by molar-refractivity contribution is 6.03. The Balaban J connectivity index is 1.74. The molecule has 28 heavy (non-hydrogen) atoms. The van der Waals surface area contributed by atoms with Crippen LogP contribution in [-0.4, -0.2) is 23.0 Å². The van der Waals surface area contributed by atoms with Crippen LogP contribution in [0.3, 0.4) is 0 Å². The van der Waals surface area contributed by atoms with Crippen LogP contribution in [0.25, 0.3) is 0 Å². The zero-order valence-corrected chi connectivity index (χ0v) is 14.9. The molecular weight excluding hydrogens is 368 g/mol. The van der Waals surface area contributed by atoms with Gasteiger partial charge in [-0.15, -0.1) is 0 Å². The molecule has 1 aromatic carbocycles. The van der Waals surface area contributed by atoms with Crippen molar-refractivity contribution < 1.29 is 18.3 Å². The number of benzene rings is 1. The Bertz CT molecular complexity index is 1010. The third-order valence-corrected chi connectivity index (χ3v) is 3.88. The number of carbonyl (C=O) groups excluding carboxylic acids is 1.